The quantitative estimate of drug-likeness (QED) is 0.227. The molecular weight excluding hydrogens is 428 g/mol. The van der Waals surface area contributed by atoms with Crippen LogP contribution in [0.3, 0.4) is 0 Å². The first-order valence-corrected chi connectivity index (χ1v) is 12.2. The van der Waals surface area contributed by atoms with Crippen LogP contribution in [-0.2, 0) is 18.5 Å². The summed E-state index contributed by atoms with van der Waals surface area (Å²) in [6.45, 7) is 1.81. The van der Waals surface area contributed by atoms with Crippen LogP contribution in [0.2, 0.25) is 0 Å². The molecule has 4 heteroatoms. The third kappa shape index (κ3) is 4.17. The van der Waals surface area contributed by atoms with E-state index in [1.165, 1.54) is 22.3 Å². The number of hydrogen-bond donors (Lipinski definition) is 0. The van der Waals surface area contributed by atoms with Crippen molar-refractivity contribution < 1.29 is 0 Å². The van der Waals surface area contributed by atoms with Gasteiger partial charge >= 0.3 is 0 Å². The molecule has 0 bridgehead atoms. The van der Waals surface area contributed by atoms with Gasteiger partial charge in [-0.2, -0.15) is 0 Å². The molecule has 172 valence electrons. The highest BCUT2D eigenvalue weighted by atomic mass is 15.5. The Labute approximate surface area is 206 Å². The van der Waals surface area contributed by atoms with Crippen LogP contribution in [0.1, 0.15) is 27.9 Å². The zero-order chi connectivity index (χ0) is 23.5. The first kappa shape index (κ1) is 21.5. The van der Waals surface area contributed by atoms with Crippen LogP contribution in [0.5, 0.6) is 0 Å². The monoisotopic (exact) mass is 456 g/mol. The van der Waals surface area contributed by atoms with Crippen molar-refractivity contribution in [1.82, 2.24) is 19.9 Å². The molecule has 0 saturated carbocycles. The standard InChI is InChI=1S/C31H28N4/c1-5-13-25(14-6-1)21-29-22-34(33-32-29)23-30-24-35(30)31(26-15-7-2-8-16-26,27-17-9-3-10-18-27)28-19-11-4-12-20-28/h1-20,22,30H,21,23-24H2/t30-,35?/m1/s1. The second-order valence-electron chi connectivity index (χ2n) is 9.21. The van der Waals surface area contributed by atoms with E-state index in [9.17, 15) is 0 Å². The maximum absolute atomic E-state index is 4.47. The van der Waals surface area contributed by atoms with Gasteiger partial charge in [-0.3, -0.25) is 9.58 Å². The number of hydrogen-bond acceptors (Lipinski definition) is 3. The second-order valence-corrected chi connectivity index (χ2v) is 9.21. The molecule has 35 heavy (non-hydrogen) atoms. The normalized spacial score (nSPS) is 17.3. The zero-order valence-corrected chi connectivity index (χ0v) is 19.6. The minimum Gasteiger partial charge on any atom is -0.278 e. The fourth-order valence-electron chi connectivity index (χ4n) is 5.31. The summed E-state index contributed by atoms with van der Waals surface area (Å²) in [5.74, 6) is 0. The van der Waals surface area contributed by atoms with E-state index < -0.39 is 0 Å². The molecule has 1 unspecified atom stereocenters. The van der Waals surface area contributed by atoms with Crippen molar-refractivity contribution in [3.8, 4) is 0 Å². The summed E-state index contributed by atoms with van der Waals surface area (Å²) in [5.41, 5.74) is 5.74. The van der Waals surface area contributed by atoms with Gasteiger partial charge in [-0.15, -0.1) is 5.10 Å². The van der Waals surface area contributed by atoms with E-state index in [1.54, 1.807) is 0 Å². The topological polar surface area (TPSA) is 33.7 Å². The molecule has 1 aromatic heterocycles. The smallest absolute Gasteiger partial charge is 0.0976 e. The zero-order valence-electron chi connectivity index (χ0n) is 19.6. The van der Waals surface area contributed by atoms with E-state index in [0.717, 1.165) is 25.2 Å². The van der Waals surface area contributed by atoms with Crippen LogP contribution in [0.25, 0.3) is 0 Å². The maximum atomic E-state index is 4.47. The highest BCUT2D eigenvalue weighted by molar-refractivity contribution is 5.51. The van der Waals surface area contributed by atoms with Crippen LogP contribution >= 0.6 is 0 Å². The number of rotatable bonds is 8. The Kier molecular flexibility index (Phi) is 5.73. The fraction of sp³-hybridized carbons (Fsp3) is 0.161. The molecule has 0 N–H and O–H groups in total. The molecule has 4 nitrogen and oxygen atoms in total. The second kappa shape index (κ2) is 9.32. The third-order valence-corrected chi connectivity index (χ3v) is 6.93. The first-order chi connectivity index (χ1) is 17.3. The van der Waals surface area contributed by atoms with Crippen molar-refractivity contribution in [3.63, 3.8) is 0 Å². The van der Waals surface area contributed by atoms with Gasteiger partial charge < -0.3 is 0 Å². The summed E-state index contributed by atoms with van der Waals surface area (Å²) in [6.07, 6.45) is 2.90. The Balaban J connectivity index is 1.34. The van der Waals surface area contributed by atoms with Gasteiger partial charge in [0.2, 0.25) is 0 Å². The van der Waals surface area contributed by atoms with Crippen LogP contribution in [0, 0.1) is 0 Å². The summed E-state index contributed by atoms with van der Waals surface area (Å²) >= 11 is 0. The highest BCUT2D eigenvalue weighted by Gasteiger charge is 2.53. The van der Waals surface area contributed by atoms with Gasteiger partial charge in [0, 0.05) is 25.2 Å². The van der Waals surface area contributed by atoms with Gasteiger partial charge in [0.05, 0.1) is 17.8 Å². The largest absolute Gasteiger partial charge is 0.278 e. The number of aromatic nitrogens is 3. The molecule has 0 amide bonds. The molecule has 1 saturated heterocycles. The lowest BCUT2D eigenvalue weighted by Gasteiger charge is -2.38. The minimum absolute atomic E-state index is 0.359. The van der Waals surface area contributed by atoms with E-state index in [4.69, 9.17) is 0 Å². The Morgan fingerprint density at radius 2 is 1.14 bits per heavy atom. The third-order valence-electron chi connectivity index (χ3n) is 6.93. The lowest BCUT2D eigenvalue weighted by molar-refractivity contribution is 0.306. The van der Waals surface area contributed by atoms with Crippen LogP contribution in [0.4, 0.5) is 0 Å². The summed E-state index contributed by atoms with van der Waals surface area (Å²) in [5, 5.41) is 8.92. The number of nitrogens with zero attached hydrogens (tertiary/aromatic N) is 4. The van der Waals surface area contributed by atoms with Gasteiger partial charge in [0.1, 0.15) is 0 Å². The summed E-state index contributed by atoms with van der Waals surface area (Å²) < 4.78 is 2.01. The molecule has 2 heterocycles. The predicted molar refractivity (Wildman–Crippen MR) is 139 cm³/mol. The van der Waals surface area contributed by atoms with Gasteiger partial charge in [-0.05, 0) is 22.3 Å². The molecule has 4 aromatic carbocycles. The lowest BCUT2D eigenvalue weighted by Crippen LogP contribution is -2.39. The van der Waals surface area contributed by atoms with Gasteiger partial charge in [-0.25, -0.2) is 0 Å². The van der Waals surface area contributed by atoms with E-state index in [0.29, 0.717) is 6.04 Å². The molecular formula is C31H28N4. The lowest BCUT2D eigenvalue weighted by atomic mass is 9.76. The summed E-state index contributed by atoms with van der Waals surface area (Å²) in [6, 6.07) is 43.4. The SMILES string of the molecule is c1ccc(Cc2cn(C[C@@H]3CN3C(c3ccccc3)(c3ccccc3)c3ccccc3)nn2)cc1. The molecule has 0 spiro atoms. The van der Waals surface area contributed by atoms with Crippen molar-refractivity contribution in [2.24, 2.45) is 0 Å². The van der Waals surface area contributed by atoms with Gasteiger partial charge in [-0.1, -0.05) is 127 Å². The van der Waals surface area contributed by atoms with E-state index in [1.807, 2.05) is 10.7 Å². The Bertz CT molecular complexity index is 1270. The van der Waals surface area contributed by atoms with Gasteiger partial charge in [0.15, 0.2) is 0 Å². The van der Waals surface area contributed by atoms with Crippen molar-refractivity contribution in [2.45, 2.75) is 24.5 Å². The Hall–Kier alpha value is -4.02. The first-order valence-electron chi connectivity index (χ1n) is 12.2. The summed E-state index contributed by atoms with van der Waals surface area (Å²) in [4.78, 5) is 2.60. The average molecular weight is 457 g/mol. The van der Waals surface area contributed by atoms with Crippen LogP contribution in [0.15, 0.2) is 128 Å². The van der Waals surface area contributed by atoms with Crippen LogP contribution < -0.4 is 0 Å². The molecule has 6 rings (SSSR count). The molecule has 0 radical (unpaired) electrons. The van der Waals surface area contributed by atoms with Gasteiger partial charge in [0.25, 0.3) is 0 Å². The molecule has 0 aliphatic carbocycles. The van der Waals surface area contributed by atoms with Crippen molar-refractivity contribution in [2.75, 3.05) is 6.54 Å². The minimum atomic E-state index is -0.359. The molecule has 1 aliphatic heterocycles. The Morgan fingerprint density at radius 1 is 0.657 bits per heavy atom. The van der Waals surface area contributed by atoms with E-state index in [-0.39, 0.29) is 5.54 Å². The van der Waals surface area contributed by atoms with Crippen LogP contribution in [-0.4, -0.2) is 32.5 Å². The van der Waals surface area contributed by atoms with Crippen molar-refractivity contribution in [3.05, 3.63) is 155 Å². The maximum Gasteiger partial charge on any atom is 0.0976 e. The number of benzene rings is 4. The average Bonchev–Trinajstić information content (AvgIpc) is 3.54. The van der Waals surface area contributed by atoms with E-state index in [2.05, 4.69) is 137 Å². The van der Waals surface area contributed by atoms with E-state index >= 15 is 0 Å². The fourth-order valence-corrected chi connectivity index (χ4v) is 5.31. The Morgan fingerprint density at radius 3 is 1.66 bits per heavy atom. The van der Waals surface area contributed by atoms with Crippen molar-refractivity contribution in [1.29, 1.82) is 0 Å². The van der Waals surface area contributed by atoms with Crippen molar-refractivity contribution >= 4 is 0 Å². The highest BCUT2D eigenvalue weighted by Crippen LogP contribution is 2.48. The molecule has 5 aromatic rings. The molecule has 1 fully saturated rings. The molecule has 2 atom stereocenters. The molecule has 1 aliphatic rings. The predicted octanol–water partition coefficient (Wildman–Crippen LogP) is 5.55. The summed E-state index contributed by atoms with van der Waals surface area (Å²) in [7, 11) is 0.